The zero-order valence-corrected chi connectivity index (χ0v) is 9.16. The summed E-state index contributed by atoms with van der Waals surface area (Å²) in [5, 5.41) is 9.57. The zero-order valence-electron chi connectivity index (χ0n) is 9.16. The lowest BCUT2D eigenvalue weighted by Crippen LogP contribution is -2.33. The van der Waals surface area contributed by atoms with Crippen molar-refractivity contribution >= 4 is 0 Å². The molecule has 1 saturated heterocycles. The Labute approximate surface area is 81.9 Å². The van der Waals surface area contributed by atoms with Gasteiger partial charge in [0.05, 0.1) is 6.10 Å². The largest absolute Gasteiger partial charge is 0.392 e. The Morgan fingerprint density at radius 3 is 2.69 bits per heavy atom. The Balaban J connectivity index is 2.40. The molecular weight excluding hydrogens is 162 g/mol. The molecule has 2 heteroatoms. The maximum absolute atomic E-state index is 9.57. The van der Waals surface area contributed by atoms with Crippen molar-refractivity contribution < 1.29 is 5.11 Å². The van der Waals surface area contributed by atoms with Gasteiger partial charge in [0.15, 0.2) is 0 Å². The highest BCUT2D eigenvalue weighted by Gasteiger charge is 2.29. The molecule has 1 heterocycles. The first kappa shape index (κ1) is 11.0. The van der Waals surface area contributed by atoms with E-state index in [0.717, 1.165) is 19.5 Å². The maximum Gasteiger partial charge on any atom is 0.0682 e. The summed E-state index contributed by atoms with van der Waals surface area (Å²) < 4.78 is 0. The predicted molar refractivity (Wildman–Crippen MR) is 55.7 cm³/mol. The number of likely N-dealkylation sites (tertiary alicyclic amines) is 1. The van der Waals surface area contributed by atoms with Crippen LogP contribution in [0.4, 0.5) is 0 Å². The van der Waals surface area contributed by atoms with Gasteiger partial charge in [0, 0.05) is 19.1 Å². The van der Waals surface area contributed by atoms with E-state index in [1.807, 2.05) is 0 Å². The SMILES string of the molecule is CCC[C@@H]1C[C@@H](O)CN1CC(C)C. The lowest BCUT2D eigenvalue weighted by atomic mass is 10.1. The highest BCUT2D eigenvalue weighted by Crippen LogP contribution is 2.22. The molecule has 0 aromatic heterocycles. The monoisotopic (exact) mass is 185 g/mol. The van der Waals surface area contributed by atoms with Crippen LogP contribution in [0, 0.1) is 5.92 Å². The third-order valence-corrected chi connectivity index (χ3v) is 2.73. The van der Waals surface area contributed by atoms with Gasteiger partial charge in [-0.25, -0.2) is 0 Å². The van der Waals surface area contributed by atoms with Gasteiger partial charge in [-0.05, 0) is 18.8 Å². The summed E-state index contributed by atoms with van der Waals surface area (Å²) in [7, 11) is 0. The summed E-state index contributed by atoms with van der Waals surface area (Å²) >= 11 is 0. The number of hydrogen-bond donors (Lipinski definition) is 1. The number of aliphatic hydroxyl groups is 1. The molecule has 0 radical (unpaired) electrons. The average molecular weight is 185 g/mol. The van der Waals surface area contributed by atoms with Crippen molar-refractivity contribution in [2.75, 3.05) is 13.1 Å². The van der Waals surface area contributed by atoms with Crippen LogP contribution in [0.1, 0.15) is 40.0 Å². The third kappa shape index (κ3) is 3.28. The van der Waals surface area contributed by atoms with Crippen LogP contribution >= 0.6 is 0 Å². The van der Waals surface area contributed by atoms with Crippen molar-refractivity contribution in [3.05, 3.63) is 0 Å². The van der Waals surface area contributed by atoms with E-state index in [-0.39, 0.29) is 6.10 Å². The first-order chi connectivity index (χ1) is 6.13. The molecule has 0 aromatic carbocycles. The fourth-order valence-electron chi connectivity index (χ4n) is 2.28. The molecule has 1 N–H and O–H groups in total. The van der Waals surface area contributed by atoms with Crippen molar-refractivity contribution in [3.63, 3.8) is 0 Å². The zero-order chi connectivity index (χ0) is 9.84. The van der Waals surface area contributed by atoms with Crippen LogP contribution in [0.5, 0.6) is 0 Å². The predicted octanol–water partition coefficient (Wildman–Crippen LogP) is 1.88. The molecule has 0 saturated carbocycles. The van der Waals surface area contributed by atoms with Crippen molar-refractivity contribution in [2.24, 2.45) is 5.92 Å². The lowest BCUT2D eigenvalue weighted by molar-refractivity contribution is 0.168. The number of β-amino-alcohol motifs (C(OH)–C–C–N with tert-alkyl or cyclic N) is 1. The van der Waals surface area contributed by atoms with Crippen LogP contribution in [-0.4, -0.2) is 35.2 Å². The molecule has 78 valence electrons. The van der Waals surface area contributed by atoms with Gasteiger partial charge in [0.1, 0.15) is 0 Å². The minimum Gasteiger partial charge on any atom is -0.392 e. The maximum atomic E-state index is 9.57. The molecule has 0 spiro atoms. The normalized spacial score (nSPS) is 30.2. The van der Waals surface area contributed by atoms with E-state index < -0.39 is 0 Å². The van der Waals surface area contributed by atoms with Crippen LogP contribution in [-0.2, 0) is 0 Å². The molecule has 0 aliphatic carbocycles. The average Bonchev–Trinajstić information content (AvgIpc) is 2.31. The van der Waals surface area contributed by atoms with Crippen molar-refractivity contribution in [1.82, 2.24) is 4.90 Å². The molecule has 2 nitrogen and oxygen atoms in total. The Kier molecular flexibility index (Phi) is 4.20. The van der Waals surface area contributed by atoms with Crippen molar-refractivity contribution in [3.8, 4) is 0 Å². The molecule has 1 aliphatic heterocycles. The Hall–Kier alpha value is -0.0800. The molecule has 1 rings (SSSR count). The van der Waals surface area contributed by atoms with Crippen LogP contribution in [0.15, 0.2) is 0 Å². The smallest absolute Gasteiger partial charge is 0.0682 e. The summed E-state index contributed by atoms with van der Waals surface area (Å²) in [6.07, 6.45) is 3.38. The second kappa shape index (κ2) is 4.97. The second-order valence-electron chi connectivity index (χ2n) is 4.68. The Morgan fingerprint density at radius 2 is 2.15 bits per heavy atom. The summed E-state index contributed by atoms with van der Waals surface area (Å²) in [5.41, 5.74) is 0. The number of nitrogens with zero attached hydrogens (tertiary/aromatic N) is 1. The van der Waals surface area contributed by atoms with E-state index in [0.29, 0.717) is 12.0 Å². The van der Waals surface area contributed by atoms with Gasteiger partial charge in [0.25, 0.3) is 0 Å². The molecule has 2 atom stereocenters. The van der Waals surface area contributed by atoms with E-state index in [4.69, 9.17) is 0 Å². The second-order valence-corrected chi connectivity index (χ2v) is 4.68. The van der Waals surface area contributed by atoms with Crippen LogP contribution in [0.25, 0.3) is 0 Å². The van der Waals surface area contributed by atoms with Crippen LogP contribution in [0.2, 0.25) is 0 Å². The van der Waals surface area contributed by atoms with E-state index in [1.54, 1.807) is 0 Å². The van der Waals surface area contributed by atoms with E-state index in [2.05, 4.69) is 25.7 Å². The quantitative estimate of drug-likeness (QED) is 0.723. The number of rotatable bonds is 4. The molecule has 0 unspecified atom stereocenters. The third-order valence-electron chi connectivity index (χ3n) is 2.73. The first-order valence-corrected chi connectivity index (χ1v) is 5.55. The fraction of sp³-hybridized carbons (Fsp3) is 1.00. The molecule has 0 amide bonds. The minimum atomic E-state index is -0.0738. The lowest BCUT2D eigenvalue weighted by Gasteiger charge is -2.25. The van der Waals surface area contributed by atoms with Gasteiger partial charge in [-0.3, -0.25) is 4.90 Å². The van der Waals surface area contributed by atoms with E-state index in [9.17, 15) is 5.11 Å². The van der Waals surface area contributed by atoms with Gasteiger partial charge in [-0.15, -0.1) is 0 Å². The molecule has 13 heavy (non-hydrogen) atoms. The fourth-order valence-corrected chi connectivity index (χ4v) is 2.28. The number of hydrogen-bond acceptors (Lipinski definition) is 2. The molecule has 0 aromatic rings. The number of aliphatic hydroxyl groups excluding tert-OH is 1. The van der Waals surface area contributed by atoms with Crippen molar-refractivity contribution in [1.29, 1.82) is 0 Å². The van der Waals surface area contributed by atoms with Gasteiger partial charge in [-0.1, -0.05) is 27.2 Å². The van der Waals surface area contributed by atoms with Crippen LogP contribution in [0.3, 0.4) is 0 Å². The molecular formula is C11H23NO. The van der Waals surface area contributed by atoms with Gasteiger partial charge < -0.3 is 5.11 Å². The highest BCUT2D eigenvalue weighted by molar-refractivity contribution is 4.84. The van der Waals surface area contributed by atoms with E-state index in [1.165, 1.54) is 12.8 Å². The Morgan fingerprint density at radius 1 is 1.46 bits per heavy atom. The van der Waals surface area contributed by atoms with Gasteiger partial charge in [0.2, 0.25) is 0 Å². The molecule has 1 fully saturated rings. The standard InChI is InChI=1S/C11H23NO/c1-4-5-10-6-11(13)8-12(10)7-9(2)3/h9-11,13H,4-8H2,1-3H3/t10-,11-/m1/s1. The summed E-state index contributed by atoms with van der Waals surface area (Å²) in [6, 6.07) is 0.641. The molecule has 1 aliphatic rings. The summed E-state index contributed by atoms with van der Waals surface area (Å²) in [4.78, 5) is 2.46. The van der Waals surface area contributed by atoms with Gasteiger partial charge in [-0.2, -0.15) is 0 Å². The summed E-state index contributed by atoms with van der Waals surface area (Å²) in [6.45, 7) is 8.74. The Bertz CT molecular complexity index is 147. The van der Waals surface area contributed by atoms with Gasteiger partial charge >= 0.3 is 0 Å². The molecule has 0 bridgehead atoms. The van der Waals surface area contributed by atoms with Crippen LogP contribution < -0.4 is 0 Å². The highest BCUT2D eigenvalue weighted by atomic mass is 16.3. The topological polar surface area (TPSA) is 23.5 Å². The van der Waals surface area contributed by atoms with E-state index >= 15 is 0 Å². The van der Waals surface area contributed by atoms with Crippen molar-refractivity contribution in [2.45, 2.75) is 52.2 Å². The summed E-state index contributed by atoms with van der Waals surface area (Å²) in [5.74, 6) is 0.713. The first-order valence-electron chi connectivity index (χ1n) is 5.55. The minimum absolute atomic E-state index is 0.0738.